The first-order valence-corrected chi connectivity index (χ1v) is 7.69. The zero-order valence-corrected chi connectivity index (χ0v) is 14.6. The summed E-state index contributed by atoms with van der Waals surface area (Å²) in [5.41, 5.74) is 5.87. The van der Waals surface area contributed by atoms with Crippen molar-refractivity contribution in [1.82, 2.24) is 4.90 Å². The van der Waals surface area contributed by atoms with Gasteiger partial charge in [-0.15, -0.1) is 24.0 Å². The van der Waals surface area contributed by atoms with E-state index in [-0.39, 0.29) is 24.0 Å². The quantitative estimate of drug-likeness (QED) is 0.292. The summed E-state index contributed by atoms with van der Waals surface area (Å²) in [4.78, 5) is 6.49. The average Bonchev–Trinajstić information content (AvgIpc) is 2.29. The number of halogens is 1. The number of thioether (sulfide) groups is 1. The standard InChI is InChI=1S/C12H27N3S.HI/c1-4-15(5-2)12(13)14-10-8-6-7-9-11-16-3;/h4-11H2,1-3H3,(H2,13,14);1H. The molecule has 0 aromatic heterocycles. The number of nitrogens with two attached hydrogens (primary N) is 1. The number of unbranched alkanes of at least 4 members (excludes halogenated alkanes) is 3. The highest BCUT2D eigenvalue weighted by atomic mass is 127. The van der Waals surface area contributed by atoms with Gasteiger partial charge in [-0.05, 0) is 38.7 Å². The number of aliphatic imine (C=N–C) groups is 1. The van der Waals surface area contributed by atoms with Crippen LogP contribution in [0.4, 0.5) is 0 Å². The van der Waals surface area contributed by atoms with Crippen molar-refractivity contribution in [3.8, 4) is 0 Å². The molecule has 3 nitrogen and oxygen atoms in total. The first-order valence-electron chi connectivity index (χ1n) is 6.30. The van der Waals surface area contributed by atoms with Gasteiger partial charge in [0.15, 0.2) is 5.96 Å². The maximum Gasteiger partial charge on any atom is 0.191 e. The van der Waals surface area contributed by atoms with Crippen LogP contribution in [0.15, 0.2) is 4.99 Å². The van der Waals surface area contributed by atoms with Crippen molar-refractivity contribution in [2.45, 2.75) is 39.5 Å². The minimum atomic E-state index is 0. The van der Waals surface area contributed by atoms with Gasteiger partial charge in [0.2, 0.25) is 0 Å². The molecule has 0 atom stereocenters. The lowest BCUT2D eigenvalue weighted by atomic mass is 10.2. The molecule has 0 saturated heterocycles. The zero-order valence-electron chi connectivity index (χ0n) is 11.4. The van der Waals surface area contributed by atoms with Gasteiger partial charge in [-0.2, -0.15) is 11.8 Å². The lowest BCUT2D eigenvalue weighted by Gasteiger charge is -2.19. The Bertz CT molecular complexity index is 185. The molecule has 0 aliphatic rings. The van der Waals surface area contributed by atoms with Gasteiger partial charge >= 0.3 is 0 Å². The Kier molecular flexibility index (Phi) is 16.7. The van der Waals surface area contributed by atoms with E-state index < -0.39 is 0 Å². The molecule has 0 radical (unpaired) electrons. The molecule has 0 unspecified atom stereocenters. The second-order valence-electron chi connectivity index (χ2n) is 3.82. The first kappa shape index (κ1) is 19.7. The monoisotopic (exact) mass is 373 g/mol. The smallest absolute Gasteiger partial charge is 0.191 e. The van der Waals surface area contributed by atoms with Crippen molar-refractivity contribution >= 4 is 41.7 Å². The second kappa shape index (κ2) is 14.4. The van der Waals surface area contributed by atoms with E-state index in [0.717, 1.165) is 26.1 Å². The van der Waals surface area contributed by atoms with Gasteiger partial charge < -0.3 is 10.6 Å². The molecule has 0 spiro atoms. The van der Waals surface area contributed by atoms with Crippen molar-refractivity contribution in [2.24, 2.45) is 10.7 Å². The van der Waals surface area contributed by atoms with Crippen LogP contribution in [0.3, 0.4) is 0 Å². The molecule has 0 aliphatic carbocycles. The maximum absolute atomic E-state index is 5.87. The summed E-state index contributed by atoms with van der Waals surface area (Å²) >= 11 is 1.93. The number of nitrogens with zero attached hydrogens (tertiary/aromatic N) is 2. The Balaban J connectivity index is 0. The van der Waals surface area contributed by atoms with Crippen LogP contribution in [-0.4, -0.2) is 42.5 Å². The fourth-order valence-corrected chi connectivity index (χ4v) is 2.05. The summed E-state index contributed by atoms with van der Waals surface area (Å²) in [5, 5.41) is 0. The molecule has 0 fully saturated rings. The van der Waals surface area contributed by atoms with Gasteiger partial charge in [0.25, 0.3) is 0 Å². The Morgan fingerprint density at radius 2 is 1.71 bits per heavy atom. The van der Waals surface area contributed by atoms with E-state index >= 15 is 0 Å². The normalized spacial score (nSPS) is 11.1. The van der Waals surface area contributed by atoms with Crippen molar-refractivity contribution in [3.63, 3.8) is 0 Å². The fourth-order valence-electron chi connectivity index (χ4n) is 1.55. The van der Waals surface area contributed by atoms with E-state index in [1.807, 2.05) is 11.8 Å². The fraction of sp³-hybridized carbons (Fsp3) is 0.917. The topological polar surface area (TPSA) is 41.6 Å². The van der Waals surface area contributed by atoms with Gasteiger partial charge in [0.05, 0.1) is 0 Å². The van der Waals surface area contributed by atoms with E-state index in [1.54, 1.807) is 0 Å². The number of hydrogen-bond acceptors (Lipinski definition) is 2. The Labute approximate surface area is 128 Å². The van der Waals surface area contributed by atoms with Crippen LogP contribution >= 0.6 is 35.7 Å². The molecular weight excluding hydrogens is 345 g/mol. The molecule has 0 aromatic carbocycles. The predicted molar refractivity (Wildman–Crippen MR) is 91.7 cm³/mol. The molecule has 0 saturated carbocycles. The molecular formula is C12H28IN3S. The second-order valence-corrected chi connectivity index (χ2v) is 4.80. The molecule has 17 heavy (non-hydrogen) atoms. The third-order valence-electron chi connectivity index (χ3n) is 2.62. The summed E-state index contributed by atoms with van der Waals surface area (Å²) in [5.74, 6) is 1.99. The third-order valence-corrected chi connectivity index (χ3v) is 3.31. The third kappa shape index (κ3) is 11.2. The molecule has 5 heteroatoms. The van der Waals surface area contributed by atoms with Crippen LogP contribution in [-0.2, 0) is 0 Å². The van der Waals surface area contributed by atoms with Gasteiger partial charge in [-0.25, -0.2) is 0 Å². The van der Waals surface area contributed by atoms with E-state index in [2.05, 4.69) is 30.0 Å². The van der Waals surface area contributed by atoms with Gasteiger partial charge in [0.1, 0.15) is 0 Å². The van der Waals surface area contributed by atoms with Crippen LogP contribution in [0.2, 0.25) is 0 Å². The van der Waals surface area contributed by atoms with E-state index in [9.17, 15) is 0 Å². The summed E-state index contributed by atoms with van der Waals surface area (Å²) in [7, 11) is 0. The van der Waals surface area contributed by atoms with E-state index in [1.165, 1.54) is 25.0 Å². The number of hydrogen-bond donors (Lipinski definition) is 1. The summed E-state index contributed by atoms with van der Waals surface area (Å²) in [6, 6.07) is 0. The van der Waals surface area contributed by atoms with Crippen molar-refractivity contribution in [2.75, 3.05) is 31.6 Å². The van der Waals surface area contributed by atoms with E-state index in [4.69, 9.17) is 5.73 Å². The molecule has 0 bridgehead atoms. The molecule has 0 aromatic rings. The zero-order chi connectivity index (χ0) is 12.2. The van der Waals surface area contributed by atoms with Crippen LogP contribution in [0.25, 0.3) is 0 Å². The highest BCUT2D eigenvalue weighted by Gasteiger charge is 2.00. The largest absolute Gasteiger partial charge is 0.370 e. The Morgan fingerprint density at radius 3 is 2.24 bits per heavy atom. The summed E-state index contributed by atoms with van der Waals surface area (Å²) in [6.45, 7) is 6.98. The molecule has 104 valence electrons. The minimum absolute atomic E-state index is 0. The number of rotatable bonds is 9. The highest BCUT2D eigenvalue weighted by molar-refractivity contribution is 14.0. The minimum Gasteiger partial charge on any atom is -0.370 e. The van der Waals surface area contributed by atoms with Gasteiger partial charge in [0, 0.05) is 19.6 Å². The van der Waals surface area contributed by atoms with Crippen molar-refractivity contribution in [1.29, 1.82) is 0 Å². The lowest BCUT2D eigenvalue weighted by Crippen LogP contribution is -2.37. The van der Waals surface area contributed by atoms with Gasteiger partial charge in [-0.1, -0.05) is 12.8 Å². The van der Waals surface area contributed by atoms with Crippen LogP contribution in [0, 0.1) is 0 Å². The molecule has 0 amide bonds. The predicted octanol–water partition coefficient (Wildman–Crippen LogP) is 3.18. The van der Waals surface area contributed by atoms with Crippen molar-refractivity contribution < 1.29 is 0 Å². The summed E-state index contributed by atoms with van der Waals surface area (Å²) < 4.78 is 0. The van der Waals surface area contributed by atoms with Gasteiger partial charge in [-0.3, -0.25) is 4.99 Å². The van der Waals surface area contributed by atoms with Crippen LogP contribution < -0.4 is 5.73 Å². The Hall–Kier alpha value is 0.350. The first-order chi connectivity index (χ1) is 7.76. The lowest BCUT2D eigenvalue weighted by molar-refractivity contribution is 0.457. The molecule has 0 aliphatic heterocycles. The van der Waals surface area contributed by atoms with Crippen LogP contribution in [0.1, 0.15) is 39.5 Å². The number of guanidine groups is 1. The van der Waals surface area contributed by atoms with E-state index in [0.29, 0.717) is 5.96 Å². The SMILES string of the molecule is CCN(CC)C(N)=NCCCCCCSC.I. The Morgan fingerprint density at radius 1 is 1.12 bits per heavy atom. The average molecular weight is 373 g/mol. The molecule has 0 heterocycles. The molecule has 2 N–H and O–H groups in total. The van der Waals surface area contributed by atoms with Crippen molar-refractivity contribution in [3.05, 3.63) is 0 Å². The summed E-state index contributed by atoms with van der Waals surface area (Å²) in [6.07, 6.45) is 7.25. The molecule has 0 rings (SSSR count). The highest BCUT2D eigenvalue weighted by Crippen LogP contribution is 2.04. The maximum atomic E-state index is 5.87. The van der Waals surface area contributed by atoms with Crippen LogP contribution in [0.5, 0.6) is 0 Å².